The van der Waals surface area contributed by atoms with Crippen LogP contribution in [0.1, 0.15) is 5.56 Å². The summed E-state index contributed by atoms with van der Waals surface area (Å²) in [4.78, 5) is 11.8. The number of carbonyl (C=O) groups excluding carboxylic acids is 1. The Morgan fingerprint density at radius 3 is 2.65 bits per heavy atom. The number of benzene rings is 2. The summed E-state index contributed by atoms with van der Waals surface area (Å²) in [7, 11) is 0. The zero-order valence-electron chi connectivity index (χ0n) is 10.4. The largest absolute Gasteiger partial charge is 0.397 e. The molecule has 0 bridgehead atoms. The number of hydrogen-bond acceptors (Lipinski definition) is 3. The Balaban J connectivity index is 2.07. The molecule has 2 rings (SSSR count). The summed E-state index contributed by atoms with van der Waals surface area (Å²) >= 11 is 5.82. The van der Waals surface area contributed by atoms with Crippen molar-refractivity contribution in [3.63, 3.8) is 0 Å². The third-order valence-corrected chi connectivity index (χ3v) is 2.75. The van der Waals surface area contributed by atoms with Crippen molar-refractivity contribution in [1.29, 1.82) is 5.26 Å². The van der Waals surface area contributed by atoms with Crippen molar-refractivity contribution >= 4 is 34.7 Å². The first-order valence-electron chi connectivity index (χ1n) is 5.71. The van der Waals surface area contributed by atoms with E-state index in [9.17, 15) is 4.79 Å². The number of halogens is 1. The maximum atomic E-state index is 11.8. The third kappa shape index (κ3) is 3.40. The number of nitrogen functional groups attached to an aromatic ring is 1. The Morgan fingerprint density at radius 2 is 2.00 bits per heavy atom. The second-order valence-corrected chi connectivity index (χ2v) is 4.44. The van der Waals surface area contributed by atoms with Crippen LogP contribution >= 0.6 is 11.6 Å². The molecule has 6 heteroatoms. The Bertz CT molecular complexity index is 694. The van der Waals surface area contributed by atoms with E-state index in [1.807, 2.05) is 6.07 Å². The molecule has 20 heavy (non-hydrogen) atoms. The molecule has 100 valence electrons. The van der Waals surface area contributed by atoms with Gasteiger partial charge < -0.3 is 16.4 Å². The lowest BCUT2D eigenvalue weighted by Gasteiger charge is -2.10. The molecular weight excluding hydrogens is 276 g/mol. The molecule has 2 aromatic rings. The van der Waals surface area contributed by atoms with Crippen molar-refractivity contribution in [3.8, 4) is 6.07 Å². The van der Waals surface area contributed by atoms with Crippen molar-refractivity contribution in [2.24, 2.45) is 0 Å². The van der Waals surface area contributed by atoms with Crippen LogP contribution < -0.4 is 16.4 Å². The highest BCUT2D eigenvalue weighted by molar-refractivity contribution is 6.30. The van der Waals surface area contributed by atoms with Crippen LogP contribution in [-0.2, 0) is 0 Å². The van der Waals surface area contributed by atoms with Gasteiger partial charge in [-0.3, -0.25) is 0 Å². The predicted molar refractivity (Wildman–Crippen MR) is 79.7 cm³/mol. The zero-order valence-corrected chi connectivity index (χ0v) is 11.1. The van der Waals surface area contributed by atoms with Gasteiger partial charge in [-0.2, -0.15) is 5.26 Å². The molecule has 0 aliphatic heterocycles. The number of nitriles is 1. The summed E-state index contributed by atoms with van der Waals surface area (Å²) in [6.45, 7) is 0. The van der Waals surface area contributed by atoms with Gasteiger partial charge in [0, 0.05) is 10.7 Å². The first-order valence-corrected chi connectivity index (χ1v) is 6.09. The molecule has 0 radical (unpaired) electrons. The number of nitrogens with two attached hydrogens (primary N) is 1. The first-order chi connectivity index (χ1) is 9.58. The topological polar surface area (TPSA) is 90.9 Å². The Kier molecular flexibility index (Phi) is 4.08. The normalized spacial score (nSPS) is 9.60. The van der Waals surface area contributed by atoms with Crippen molar-refractivity contribution in [3.05, 3.63) is 53.1 Å². The van der Waals surface area contributed by atoms with Crippen molar-refractivity contribution in [1.82, 2.24) is 0 Å². The predicted octanol–water partition coefficient (Wildman–Crippen LogP) is 3.44. The fourth-order valence-corrected chi connectivity index (χ4v) is 1.79. The van der Waals surface area contributed by atoms with Gasteiger partial charge in [0.15, 0.2) is 0 Å². The first kappa shape index (κ1) is 13.7. The summed E-state index contributed by atoms with van der Waals surface area (Å²) in [5.41, 5.74) is 7.51. The molecule has 0 saturated heterocycles. The van der Waals surface area contributed by atoms with Crippen molar-refractivity contribution < 1.29 is 4.79 Å². The third-order valence-electron chi connectivity index (χ3n) is 2.51. The molecular formula is C14H11ClN4O. The summed E-state index contributed by atoms with van der Waals surface area (Å²) < 4.78 is 0. The van der Waals surface area contributed by atoms with E-state index < -0.39 is 6.03 Å². The van der Waals surface area contributed by atoms with Gasteiger partial charge in [0.25, 0.3) is 0 Å². The van der Waals surface area contributed by atoms with E-state index in [0.717, 1.165) is 0 Å². The summed E-state index contributed by atoms with van der Waals surface area (Å²) in [6, 6.07) is 13.0. The average molecular weight is 287 g/mol. The molecule has 0 aliphatic carbocycles. The fourth-order valence-electron chi connectivity index (χ4n) is 1.60. The monoisotopic (exact) mass is 286 g/mol. The quantitative estimate of drug-likeness (QED) is 0.739. The molecule has 5 nitrogen and oxygen atoms in total. The second kappa shape index (κ2) is 5.95. The maximum absolute atomic E-state index is 11.8. The van der Waals surface area contributed by atoms with Crippen molar-refractivity contribution in [2.75, 3.05) is 16.4 Å². The maximum Gasteiger partial charge on any atom is 0.323 e. The minimum atomic E-state index is -0.441. The van der Waals surface area contributed by atoms with E-state index >= 15 is 0 Å². The minimum absolute atomic E-state index is 0.324. The SMILES string of the molecule is N#Cc1ccc(NC(=O)Nc2cccc(Cl)c2)c(N)c1. The fraction of sp³-hybridized carbons (Fsp3) is 0. The second-order valence-electron chi connectivity index (χ2n) is 4.00. The van der Waals surface area contributed by atoms with E-state index in [0.29, 0.717) is 27.6 Å². The molecule has 0 spiro atoms. The number of carbonyl (C=O) groups is 1. The summed E-state index contributed by atoms with van der Waals surface area (Å²) in [5, 5.41) is 14.5. The van der Waals surface area contributed by atoms with Crippen LogP contribution in [0, 0.1) is 11.3 Å². The number of nitrogens with zero attached hydrogens (tertiary/aromatic N) is 1. The highest BCUT2D eigenvalue weighted by Crippen LogP contribution is 2.20. The number of amides is 2. The van der Waals surface area contributed by atoms with Gasteiger partial charge in [0.05, 0.1) is 23.0 Å². The van der Waals surface area contributed by atoms with Crippen molar-refractivity contribution in [2.45, 2.75) is 0 Å². The van der Waals surface area contributed by atoms with Gasteiger partial charge in [-0.05, 0) is 36.4 Å². The lowest BCUT2D eigenvalue weighted by atomic mass is 10.2. The van der Waals surface area contributed by atoms with E-state index in [1.165, 1.54) is 6.07 Å². The van der Waals surface area contributed by atoms with Crippen LogP contribution in [-0.4, -0.2) is 6.03 Å². The average Bonchev–Trinajstić information content (AvgIpc) is 2.41. The number of rotatable bonds is 2. The van der Waals surface area contributed by atoms with E-state index in [1.54, 1.807) is 36.4 Å². The van der Waals surface area contributed by atoms with Crippen LogP contribution in [0.3, 0.4) is 0 Å². The zero-order chi connectivity index (χ0) is 14.5. The standard InChI is InChI=1S/C14H11ClN4O/c15-10-2-1-3-11(7-10)18-14(20)19-13-5-4-9(8-16)6-12(13)17/h1-7H,17H2,(H2,18,19,20). The molecule has 0 aromatic heterocycles. The summed E-state index contributed by atoms with van der Waals surface area (Å²) in [6.07, 6.45) is 0. The Labute approximate surface area is 121 Å². The van der Waals surface area contributed by atoms with Gasteiger partial charge in [-0.15, -0.1) is 0 Å². The van der Waals surface area contributed by atoms with Gasteiger partial charge in [-0.25, -0.2) is 4.79 Å². The summed E-state index contributed by atoms with van der Waals surface area (Å²) in [5.74, 6) is 0. The number of urea groups is 1. The lowest BCUT2D eigenvalue weighted by molar-refractivity contribution is 0.262. The Hall–Kier alpha value is -2.71. The highest BCUT2D eigenvalue weighted by atomic mass is 35.5. The molecule has 0 unspecified atom stereocenters. The van der Waals surface area contributed by atoms with E-state index in [2.05, 4.69) is 10.6 Å². The molecule has 0 heterocycles. The van der Waals surface area contributed by atoms with Gasteiger partial charge in [0.1, 0.15) is 0 Å². The number of nitrogens with one attached hydrogen (secondary N) is 2. The molecule has 2 amide bonds. The smallest absolute Gasteiger partial charge is 0.323 e. The van der Waals surface area contributed by atoms with Gasteiger partial charge in [-0.1, -0.05) is 17.7 Å². The Morgan fingerprint density at radius 1 is 1.20 bits per heavy atom. The number of hydrogen-bond donors (Lipinski definition) is 3. The molecule has 2 aromatic carbocycles. The van der Waals surface area contributed by atoms with Crippen LogP contribution in [0.15, 0.2) is 42.5 Å². The van der Waals surface area contributed by atoms with Crippen LogP contribution in [0.2, 0.25) is 5.02 Å². The van der Waals surface area contributed by atoms with Crippen LogP contribution in [0.4, 0.5) is 21.9 Å². The van der Waals surface area contributed by atoms with Crippen LogP contribution in [0.25, 0.3) is 0 Å². The molecule has 0 aliphatic rings. The van der Waals surface area contributed by atoms with Crippen LogP contribution in [0.5, 0.6) is 0 Å². The van der Waals surface area contributed by atoms with E-state index in [4.69, 9.17) is 22.6 Å². The van der Waals surface area contributed by atoms with E-state index in [-0.39, 0.29) is 0 Å². The molecule has 4 N–H and O–H groups in total. The highest BCUT2D eigenvalue weighted by Gasteiger charge is 2.06. The number of anilines is 3. The van der Waals surface area contributed by atoms with Gasteiger partial charge in [0.2, 0.25) is 0 Å². The lowest BCUT2D eigenvalue weighted by Crippen LogP contribution is -2.20. The molecule has 0 fully saturated rings. The molecule has 0 saturated carbocycles. The molecule has 0 atom stereocenters. The minimum Gasteiger partial charge on any atom is -0.397 e. The van der Waals surface area contributed by atoms with Gasteiger partial charge >= 0.3 is 6.03 Å².